The standard InChI is InChI=1S/C25H35NO2/c27-23(25(16-6-7-17-25)22-11-2-1-3-12-22)13-8-14-24(28)26-18-15-20-9-4-5-10-21(20)19-26/h1-3,11-12,20-21H,4-10,13-19H2. The summed E-state index contributed by atoms with van der Waals surface area (Å²) >= 11 is 0. The van der Waals surface area contributed by atoms with Crippen LogP contribution in [0, 0.1) is 11.8 Å². The van der Waals surface area contributed by atoms with Crippen LogP contribution in [0.25, 0.3) is 0 Å². The van der Waals surface area contributed by atoms with E-state index in [-0.39, 0.29) is 11.3 Å². The number of rotatable bonds is 6. The Hall–Kier alpha value is -1.64. The number of fused-ring (bicyclic) bond motifs is 1. The number of nitrogens with zero attached hydrogens (tertiary/aromatic N) is 1. The van der Waals surface area contributed by atoms with Crippen LogP contribution in [0.2, 0.25) is 0 Å². The number of benzene rings is 1. The molecule has 0 bridgehead atoms. The van der Waals surface area contributed by atoms with Gasteiger partial charge in [0, 0.05) is 25.9 Å². The SMILES string of the molecule is O=C(CCCC(=O)C1(c2ccccc2)CCCC1)N1CCC2CCCCC2C1. The third kappa shape index (κ3) is 4.04. The average molecular weight is 382 g/mol. The van der Waals surface area contributed by atoms with E-state index in [0.717, 1.165) is 50.6 Å². The summed E-state index contributed by atoms with van der Waals surface area (Å²) in [5.74, 6) is 2.22. The topological polar surface area (TPSA) is 37.4 Å². The molecular weight excluding hydrogens is 346 g/mol. The summed E-state index contributed by atoms with van der Waals surface area (Å²) in [6.45, 7) is 1.90. The molecule has 1 aliphatic heterocycles. The zero-order valence-electron chi connectivity index (χ0n) is 17.2. The molecule has 1 amide bonds. The lowest BCUT2D eigenvalue weighted by Gasteiger charge is -2.41. The van der Waals surface area contributed by atoms with E-state index < -0.39 is 0 Å². The van der Waals surface area contributed by atoms with Gasteiger partial charge in [-0.25, -0.2) is 0 Å². The van der Waals surface area contributed by atoms with Crippen molar-refractivity contribution in [3.63, 3.8) is 0 Å². The molecule has 1 heterocycles. The van der Waals surface area contributed by atoms with Gasteiger partial charge in [0.2, 0.25) is 5.91 Å². The maximum atomic E-state index is 13.2. The lowest BCUT2D eigenvalue weighted by atomic mass is 9.74. The van der Waals surface area contributed by atoms with Crippen molar-refractivity contribution in [2.75, 3.05) is 13.1 Å². The molecule has 3 aliphatic rings. The molecule has 152 valence electrons. The molecule has 2 aliphatic carbocycles. The van der Waals surface area contributed by atoms with Crippen molar-refractivity contribution >= 4 is 11.7 Å². The lowest BCUT2D eigenvalue weighted by molar-refractivity contribution is -0.134. The molecule has 0 spiro atoms. The molecule has 1 aromatic rings. The molecule has 3 heteroatoms. The summed E-state index contributed by atoms with van der Waals surface area (Å²) in [4.78, 5) is 28.0. The number of amides is 1. The first kappa shape index (κ1) is 19.7. The Bertz CT molecular complexity index is 677. The van der Waals surface area contributed by atoms with E-state index in [1.54, 1.807) is 0 Å². The van der Waals surface area contributed by atoms with Crippen LogP contribution < -0.4 is 0 Å². The normalized spacial score (nSPS) is 26.6. The highest BCUT2D eigenvalue weighted by Gasteiger charge is 2.41. The molecular formula is C25H35NO2. The minimum Gasteiger partial charge on any atom is -0.342 e. The van der Waals surface area contributed by atoms with Gasteiger partial charge in [0.15, 0.2) is 0 Å². The summed E-state index contributed by atoms with van der Waals surface area (Å²) < 4.78 is 0. The first-order chi connectivity index (χ1) is 13.7. The summed E-state index contributed by atoms with van der Waals surface area (Å²) in [7, 11) is 0. The maximum absolute atomic E-state index is 13.2. The van der Waals surface area contributed by atoms with E-state index in [9.17, 15) is 9.59 Å². The molecule has 0 N–H and O–H groups in total. The number of hydrogen-bond donors (Lipinski definition) is 0. The number of piperidine rings is 1. The van der Waals surface area contributed by atoms with Gasteiger partial charge in [0.25, 0.3) is 0 Å². The van der Waals surface area contributed by atoms with Gasteiger partial charge in [-0.15, -0.1) is 0 Å². The summed E-state index contributed by atoms with van der Waals surface area (Å²) in [5.41, 5.74) is 0.897. The van der Waals surface area contributed by atoms with Crippen LogP contribution in [0.15, 0.2) is 30.3 Å². The number of carbonyl (C=O) groups is 2. The van der Waals surface area contributed by atoms with Crippen molar-refractivity contribution in [1.29, 1.82) is 0 Å². The van der Waals surface area contributed by atoms with Crippen LogP contribution in [0.3, 0.4) is 0 Å². The van der Waals surface area contributed by atoms with Crippen LogP contribution >= 0.6 is 0 Å². The van der Waals surface area contributed by atoms with E-state index in [2.05, 4.69) is 17.0 Å². The fourth-order valence-corrected chi connectivity index (χ4v) is 6.09. The first-order valence-corrected chi connectivity index (χ1v) is 11.6. The zero-order valence-corrected chi connectivity index (χ0v) is 17.2. The van der Waals surface area contributed by atoms with Gasteiger partial charge >= 0.3 is 0 Å². The van der Waals surface area contributed by atoms with Gasteiger partial charge in [-0.2, -0.15) is 0 Å². The Balaban J connectivity index is 1.29. The first-order valence-electron chi connectivity index (χ1n) is 11.6. The highest BCUT2D eigenvalue weighted by Crippen LogP contribution is 2.43. The van der Waals surface area contributed by atoms with Gasteiger partial charge < -0.3 is 4.90 Å². The minimum absolute atomic E-state index is 0.275. The summed E-state index contributed by atoms with van der Waals surface area (Å²) in [6, 6.07) is 10.3. The number of Topliss-reactive ketones (excluding diaryl/α,β-unsaturated/α-hetero) is 1. The van der Waals surface area contributed by atoms with Crippen molar-refractivity contribution < 1.29 is 9.59 Å². The molecule has 2 unspecified atom stereocenters. The Morgan fingerprint density at radius 2 is 1.61 bits per heavy atom. The van der Waals surface area contributed by atoms with Crippen LogP contribution in [-0.2, 0) is 15.0 Å². The van der Waals surface area contributed by atoms with Crippen molar-refractivity contribution in [2.24, 2.45) is 11.8 Å². The third-order valence-corrected chi connectivity index (χ3v) is 7.76. The van der Waals surface area contributed by atoms with Crippen LogP contribution in [0.4, 0.5) is 0 Å². The Labute approximate surface area is 169 Å². The molecule has 0 aromatic heterocycles. The molecule has 3 nitrogen and oxygen atoms in total. The molecule has 3 fully saturated rings. The van der Waals surface area contributed by atoms with Gasteiger partial charge in [-0.1, -0.05) is 62.4 Å². The van der Waals surface area contributed by atoms with Crippen LogP contribution in [-0.4, -0.2) is 29.7 Å². The molecule has 2 atom stereocenters. The van der Waals surface area contributed by atoms with Crippen molar-refractivity contribution in [1.82, 2.24) is 4.90 Å². The average Bonchev–Trinajstić information content (AvgIpc) is 3.25. The van der Waals surface area contributed by atoms with E-state index in [1.807, 2.05) is 18.2 Å². The molecule has 2 saturated carbocycles. The van der Waals surface area contributed by atoms with E-state index in [4.69, 9.17) is 0 Å². The Morgan fingerprint density at radius 1 is 0.893 bits per heavy atom. The highest BCUT2D eigenvalue weighted by molar-refractivity contribution is 5.90. The zero-order chi connectivity index (χ0) is 19.4. The third-order valence-electron chi connectivity index (χ3n) is 7.76. The quantitative estimate of drug-likeness (QED) is 0.672. The number of likely N-dealkylation sites (tertiary alicyclic amines) is 1. The lowest BCUT2D eigenvalue weighted by Crippen LogP contribution is -2.44. The molecule has 28 heavy (non-hydrogen) atoms. The van der Waals surface area contributed by atoms with Crippen LogP contribution in [0.1, 0.15) is 82.6 Å². The smallest absolute Gasteiger partial charge is 0.222 e. The van der Waals surface area contributed by atoms with E-state index in [1.165, 1.54) is 37.7 Å². The molecule has 1 aromatic carbocycles. The number of carbonyl (C=O) groups excluding carboxylic acids is 2. The van der Waals surface area contributed by atoms with Crippen LogP contribution in [0.5, 0.6) is 0 Å². The van der Waals surface area contributed by atoms with Gasteiger partial charge in [0.05, 0.1) is 5.41 Å². The minimum atomic E-state index is -0.287. The highest BCUT2D eigenvalue weighted by atomic mass is 16.2. The van der Waals surface area contributed by atoms with E-state index >= 15 is 0 Å². The Morgan fingerprint density at radius 3 is 2.36 bits per heavy atom. The summed E-state index contributed by atoms with van der Waals surface area (Å²) in [5, 5.41) is 0. The largest absolute Gasteiger partial charge is 0.342 e. The second kappa shape index (κ2) is 8.80. The Kier molecular flexibility index (Phi) is 6.18. The predicted octanol–water partition coefficient (Wildman–Crippen LogP) is 5.28. The predicted molar refractivity (Wildman–Crippen MR) is 112 cm³/mol. The van der Waals surface area contributed by atoms with E-state index in [0.29, 0.717) is 25.0 Å². The fraction of sp³-hybridized carbons (Fsp3) is 0.680. The fourth-order valence-electron chi connectivity index (χ4n) is 6.09. The maximum Gasteiger partial charge on any atom is 0.222 e. The molecule has 1 saturated heterocycles. The van der Waals surface area contributed by atoms with Gasteiger partial charge in [-0.3, -0.25) is 9.59 Å². The molecule has 0 radical (unpaired) electrons. The summed E-state index contributed by atoms with van der Waals surface area (Å²) in [6.07, 6.45) is 12.6. The molecule has 4 rings (SSSR count). The van der Waals surface area contributed by atoms with Crippen molar-refractivity contribution in [3.8, 4) is 0 Å². The van der Waals surface area contributed by atoms with Crippen molar-refractivity contribution in [3.05, 3.63) is 35.9 Å². The number of hydrogen-bond acceptors (Lipinski definition) is 2. The second-order valence-electron chi connectivity index (χ2n) is 9.37. The monoisotopic (exact) mass is 381 g/mol. The second-order valence-corrected chi connectivity index (χ2v) is 9.37. The van der Waals surface area contributed by atoms with Gasteiger partial charge in [-0.05, 0) is 49.5 Å². The van der Waals surface area contributed by atoms with Crippen molar-refractivity contribution in [2.45, 2.75) is 82.5 Å². The van der Waals surface area contributed by atoms with Gasteiger partial charge in [0.1, 0.15) is 5.78 Å². The number of ketones is 1.